The Labute approximate surface area is 222 Å². The van der Waals surface area contributed by atoms with E-state index in [2.05, 4.69) is 5.32 Å². The van der Waals surface area contributed by atoms with Crippen LogP contribution in [0, 0.1) is 5.82 Å². The molecule has 12 heteroatoms. The number of benzene rings is 2. The summed E-state index contributed by atoms with van der Waals surface area (Å²) in [5.74, 6) is -1.56. The summed E-state index contributed by atoms with van der Waals surface area (Å²) in [4.78, 5) is 27.7. The molecule has 0 aliphatic heterocycles. The van der Waals surface area contributed by atoms with E-state index in [0.717, 1.165) is 33.6 Å². The number of halogens is 3. The SMILES string of the molecule is CCCCNC(=O)[C@@H](C)N(Cc1ccc(Cl)c(Cl)c1)C(=O)CN(c1ccc(F)cc1)S(=O)(=O)N(C)C. The van der Waals surface area contributed by atoms with Crippen LogP contribution in [0.25, 0.3) is 0 Å². The zero-order chi connectivity index (χ0) is 27.0. The maximum Gasteiger partial charge on any atom is 0.304 e. The summed E-state index contributed by atoms with van der Waals surface area (Å²) in [5.41, 5.74) is 0.711. The number of nitrogens with zero attached hydrogens (tertiary/aromatic N) is 3. The summed E-state index contributed by atoms with van der Waals surface area (Å²) in [7, 11) is -1.47. The predicted molar refractivity (Wildman–Crippen MR) is 141 cm³/mol. The molecule has 198 valence electrons. The molecule has 0 unspecified atom stereocenters. The van der Waals surface area contributed by atoms with Crippen molar-refractivity contribution in [1.82, 2.24) is 14.5 Å². The Morgan fingerprint density at radius 2 is 1.69 bits per heavy atom. The second-order valence-corrected chi connectivity index (χ2v) is 11.2. The average molecular weight is 562 g/mol. The van der Waals surface area contributed by atoms with Gasteiger partial charge in [-0.05, 0) is 55.3 Å². The molecule has 0 spiro atoms. The summed E-state index contributed by atoms with van der Waals surface area (Å²) < 4.78 is 41.5. The molecule has 2 aromatic carbocycles. The van der Waals surface area contributed by atoms with E-state index < -0.39 is 34.5 Å². The molecule has 0 saturated carbocycles. The monoisotopic (exact) mass is 560 g/mol. The molecule has 2 aromatic rings. The highest BCUT2D eigenvalue weighted by atomic mass is 35.5. The average Bonchev–Trinajstić information content (AvgIpc) is 2.83. The van der Waals surface area contributed by atoms with Gasteiger partial charge >= 0.3 is 10.2 Å². The van der Waals surface area contributed by atoms with Crippen molar-refractivity contribution in [3.05, 3.63) is 63.9 Å². The van der Waals surface area contributed by atoms with Crippen LogP contribution in [-0.4, -0.2) is 62.7 Å². The van der Waals surface area contributed by atoms with Crippen LogP contribution >= 0.6 is 23.2 Å². The van der Waals surface area contributed by atoms with Gasteiger partial charge in [-0.2, -0.15) is 12.7 Å². The summed E-state index contributed by atoms with van der Waals surface area (Å²) in [6, 6.07) is 8.67. The van der Waals surface area contributed by atoms with Crippen LogP contribution < -0.4 is 9.62 Å². The first kappa shape index (κ1) is 29.8. The smallest absolute Gasteiger partial charge is 0.304 e. The van der Waals surface area contributed by atoms with Gasteiger partial charge in [-0.25, -0.2) is 8.70 Å². The van der Waals surface area contributed by atoms with Gasteiger partial charge in [-0.3, -0.25) is 9.59 Å². The van der Waals surface area contributed by atoms with Crippen LogP contribution in [0.2, 0.25) is 10.0 Å². The molecule has 2 rings (SSSR count). The van der Waals surface area contributed by atoms with Crippen LogP contribution in [0.3, 0.4) is 0 Å². The number of hydrogen-bond donors (Lipinski definition) is 1. The van der Waals surface area contributed by atoms with E-state index in [4.69, 9.17) is 23.2 Å². The molecule has 0 aliphatic rings. The van der Waals surface area contributed by atoms with Crippen LogP contribution in [-0.2, 0) is 26.3 Å². The van der Waals surface area contributed by atoms with Crippen molar-refractivity contribution >= 4 is 50.9 Å². The van der Waals surface area contributed by atoms with Crippen LogP contribution in [0.1, 0.15) is 32.3 Å². The van der Waals surface area contributed by atoms with Crippen molar-refractivity contribution in [2.75, 3.05) is 31.5 Å². The fourth-order valence-electron chi connectivity index (χ4n) is 3.28. The molecule has 1 atom stereocenters. The Morgan fingerprint density at radius 3 is 2.25 bits per heavy atom. The Kier molecular flexibility index (Phi) is 11.0. The van der Waals surface area contributed by atoms with Gasteiger partial charge in [0, 0.05) is 27.2 Å². The van der Waals surface area contributed by atoms with Gasteiger partial charge in [0.15, 0.2) is 0 Å². The number of rotatable bonds is 12. The minimum absolute atomic E-state index is 0.0165. The lowest BCUT2D eigenvalue weighted by molar-refractivity contribution is -0.139. The first-order valence-electron chi connectivity index (χ1n) is 11.3. The van der Waals surface area contributed by atoms with E-state index in [9.17, 15) is 22.4 Å². The molecule has 0 heterocycles. The van der Waals surface area contributed by atoms with Crippen LogP contribution in [0.4, 0.5) is 10.1 Å². The number of anilines is 1. The third-order valence-electron chi connectivity index (χ3n) is 5.47. The number of unbranched alkanes of at least 4 members (excludes halogenated alkanes) is 1. The van der Waals surface area contributed by atoms with Gasteiger partial charge < -0.3 is 10.2 Å². The molecule has 0 radical (unpaired) electrons. The number of nitrogens with one attached hydrogen (secondary N) is 1. The van der Waals surface area contributed by atoms with Crippen LogP contribution in [0.5, 0.6) is 0 Å². The van der Waals surface area contributed by atoms with E-state index >= 15 is 0 Å². The van der Waals surface area contributed by atoms with Gasteiger partial charge in [0.1, 0.15) is 18.4 Å². The van der Waals surface area contributed by atoms with E-state index in [1.165, 1.54) is 31.1 Å². The highest BCUT2D eigenvalue weighted by Crippen LogP contribution is 2.25. The Bertz CT molecular complexity index is 1160. The molecule has 1 N–H and O–H groups in total. The molecule has 0 fully saturated rings. The van der Waals surface area contributed by atoms with Crippen molar-refractivity contribution in [1.29, 1.82) is 0 Å². The molecular weight excluding hydrogens is 530 g/mol. The lowest BCUT2D eigenvalue weighted by Gasteiger charge is -2.33. The van der Waals surface area contributed by atoms with Crippen molar-refractivity contribution < 1.29 is 22.4 Å². The van der Waals surface area contributed by atoms with Crippen LogP contribution in [0.15, 0.2) is 42.5 Å². The fourth-order valence-corrected chi connectivity index (χ4v) is 4.65. The quantitative estimate of drug-likeness (QED) is 0.396. The number of amides is 2. The molecule has 8 nitrogen and oxygen atoms in total. The predicted octanol–water partition coefficient (Wildman–Crippen LogP) is 4.08. The summed E-state index contributed by atoms with van der Waals surface area (Å²) in [5, 5.41) is 3.42. The summed E-state index contributed by atoms with van der Waals surface area (Å²) in [6.45, 7) is 3.38. The highest BCUT2D eigenvalue weighted by Gasteiger charge is 2.32. The summed E-state index contributed by atoms with van der Waals surface area (Å²) in [6.07, 6.45) is 1.66. The highest BCUT2D eigenvalue weighted by molar-refractivity contribution is 7.90. The van der Waals surface area contributed by atoms with Crippen molar-refractivity contribution in [2.24, 2.45) is 0 Å². The van der Waals surface area contributed by atoms with Gasteiger partial charge in [-0.1, -0.05) is 42.6 Å². The van der Waals surface area contributed by atoms with Gasteiger partial charge in [0.05, 0.1) is 15.7 Å². The summed E-state index contributed by atoms with van der Waals surface area (Å²) >= 11 is 12.1. The Morgan fingerprint density at radius 1 is 1.06 bits per heavy atom. The molecule has 36 heavy (non-hydrogen) atoms. The van der Waals surface area contributed by atoms with Crippen molar-refractivity contribution in [2.45, 2.75) is 39.3 Å². The molecule has 0 aromatic heterocycles. The van der Waals surface area contributed by atoms with E-state index in [1.54, 1.807) is 25.1 Å². The fraction of sp³-hybridized carbons (Fsp3) is 0.417. The van der Waals surface area contributed by atoms with Crippen molar-refractivity contribution in [3.63, 3.8) is 0 Å². The van der Waals surface area contributed by atoms with Gasteiger partial charge in [0.25, 0.3) is 0 Å². The molecule has 2 amide bonds. The second kappa shape index (κ2) is 13.2. The maximum absolute atomic E-state index is 13.6. The van der Waals surface area contributed by atoms with E-state index in [0.29, 0.717) is 17.1 Å². The minimum atomic E-state index is -4.12. The largest absolute Gasteiger partial charge is 0.354 e. The minimum Gasteiger partial charge on any atom is -0.354 e. The van der Waals surface area contributed by atoms with Gasteiger partial charge in [-0.15, -0.1) is 0 Å². The van der Waals surface area contributed by atoms with E-state index in [1.807, 2.05) is 6.92 Å². The normalized spacial score (nSPS) is 12.3. The first-order valence-corrected chi connectivity index (χ1v) is 13.5. The zero-order valence-electron chi connectivity index (χ0n) is 20.7. The molecular formula is C24H31Cl2FN4O4S. The number of carbonyl (C=O) groups excluding carboxylic acids is 2. The number of carbonyl (C=O) groups is 2. The first-order chi connectivity index (χ1) is 16.9. The maximum atomic E-state index is 13.6. The van der Waals surface area contributed by atoms with Gasteiger partial charge in [0.2, 0.25) is 11.8 Å². The third-order valence-corrected chi connectivity index (χ3v) is 8.03. The Balaban J connectivity index is 2.43. The Hall–Kier alpha value is -2.40. The molecule has 0 bridgehead atoms. The number of hydrogen-bond acceptors (Lipinski definition) is 4. The molecule has 0 saturated heterocycles. The standard InChI is InChI=1S/C24H31Cl2FN4O4S/c1-5-6-13-28-24(33)17(2)30(15-18-7-12-21(25)22(26)14-18)23(32)16-31(36(34,35)29(3)4)20-10-8-19(27)9-11-20/h7-12,14,17H,5-6,13,15-16H2,1-4H3,(H,28,33)/t17-/m1/s1. The lowest BCUT2D eigenvalue weighted by atomic mass is 10.1. The second-order valence-electron chi connectivity index (χ2n) is 8.36. The zero-order valence-corrected chi connectivity index (χ0v) is 23.0. The lowest BCUT2D eigenvalue weighted by Crippen LogP contribution is -2.52. The van der Waals surface area contributed by atoms with E-state index in [-0.39, 0.29) is 23.2 Å². The van der Waals surface area contributed by atoms with Crippen molar-refractivity contribution in [3.8, 4) is 0 Å². The third kappa shape index (κ3) is 7.80. The molecule has 0 aliphatic carbocycles. The topological polar surface area (TPSA) is 90.0 Å².